The molecule has 0 radical (unpaired) electrons. The molecule has 2 saturated heterocycles. The van der Waals surface area contributed by atoms with Crippen molar-refractivity contribution < 1.29 is 28.3 Å². The number of nitrogens with zero attached hydrogens (tertiary/aromatic N) is 5. The third kappa shape index (κ3) is 7.92. The molecule has 2 fully saturated rings. The maximum atomic E-state index is 15.0. The number of nitrogens with one attached hydrogen (secondary N) is 3. The van der Waals surface area contributed by atoms with Crippen LogP contribution in [0.4, 0.5) is 13.6 Å². The van der Waals surface area contributed by atoms with Gasteiger partial charge in [-0.2, -0.15) is 0 Å². The Hall–Kier alpha value is -5.89. The minimum atomic E-state index is -1.33. The van der Waals surface area contributed by atoms with E-state index in [1.165, 1.54) is 11.8 Å². The van der Waals surface area contributed by atoms with Gasteiger partial charge < -0.3 is 30.2 Å². The zero-order valence-corrected chi connectivity index (χ0v) is 31.5. The first-order valence-electron chi connectivity index (χ1n) is 19.0. The first-order valence-corrected chi connectivity index (χ1v) is 19.0. The number of amides is 3. The van der Waals surface area contributed by atoms with Gasteiger partial charge in [-0.3, -0.25) is 14.5 Å². The summed E-state index contributed by atoms with van der Waals surface area (Å²) in [5, 5.41) is 11.2. The van der Waals surface area contributed by atoms with Gasteiger partial charge in [0.05, 0.1) is 49.0 Å². The molecule has 7 rings (SSSR count). The molecule has 3 amide bonds. The van der Waals surface area contributed by atoms with Crippen LogP contribution in [0.5, 0.6) is 0 Å². The second kappa shape index (κ2) is 16.5. The molecule has 0 saturated carbocycles. The van der Waals surface area contributed by atoms with Gasteiger partial charge in [0.2, 0.25) is 11.8 Å². The van der Waals surface area contributed by atoms with Crippen molar-refractivity contribution in [1.82, 2.24) is 40.0 Å². The van der Waals surface area contributed by atoms with Crippen molar-refractivity contribution in [1.29, 1.82) is 0 Å². The van der Waals surface area contributed by atoms with E-state index < -0.39 is 48.5 Å². The molecule has 56 heavy (non-hydrogen) atoms. The number of hydrogen-bond acceptors (Lipinski definition) is 6. The molecule has 4 heterocycles. The molecular weight excluding hydrogens is 719 g/mol. The standard InChI is InChI=1S/C42H46F2N8O4/c1-4-50(5-2)37(30-9-7-6-8-10-30)41(54)52-24-32(44)20-36(52)39-46-22-34(49-39)29-17-13-27(14-18-29)26-11-15-28(16-12-26)33-21-45-38(48-33)35-19-31(43)23-51(35)40(53)25(3)47-42(55)56/h6-18,21-22,25,31-32,35-37,47H,4-5,19-20,23-24H2,1-3H3,(H,45,48)(H,46,49)(H,55,56)/t25-,31-,32-,35-,36-,37+/m0/s1. The fourth-order valence-corrected chi connectivity index (χ4v) is 7.95. The number of carbonyl (C=O) groups excluding carboxylic acids is 2. The fourth-order valence-electron chi connectivity index (χ4n) is 7.95. The summed E-state index contributed by atoms with van der Waals surface area (Å²) in [4.78, 5) is 58.9. The molecule has 0 aliphatic carbocycles. The van der Waals surface area contributed by atoms with Crippen LogP contribution in [0.15, 0.2) is 91.3 Å². The van der Waals surface area contributed by atoms with Gasteiger partial charge in [-0.25, -0.2) is 23.5 Å². The van der Waals surface area contributed by atoms with Gasteiger partial charge in [-0.15, -0.1) is 0 Å². The van der Waals surface area contributed by atoms with Crippen LogP contribution in [-0.2, 0) is 9.59 Å². The van der Waals surface area contributed by atoms with Crippen molar-refractivity contribution in [3.05, 3.63) is 108 Å². The number of benzene rings is 3. The highest BCUT2D eigenvalue weighted by Crippen LogP contribution is 2.38. The average molecular weight is 765 g/mol. The highest BCUT2D eigenvalue weighted by atomic mass is 19.1. The van der Waals surface area contributed by atoms with Gasteiger partial charge in [0, 0.05) is 12.8 Å². The predicted octanol–water partition coefficient (Wildman–Crippen LogP) is 7.10. The molecule has 0 bridgehead atoms. The lowest BCUT2D eigenvalue weighted by Crippen LogP contribution is -2.46. The van der Waals surface area contributed by atoms with Crippen molar-refractivity contribution in [2.75, 3.05) is 26.2 Å². The number of likely N-dealkylation sites (tertiary alicyclic amines) is 2. The average Bonchev–Trinajstić information content (AvgIpc) is 4.03. The molecule has 14 heteroatoms. The molecule has 3 aromatic carbocycles. The van der Waals surface area contributed by atoms with Crippen molar-refractivity contribution in [2.24, 2.45) is 0 Å². The van der Waals surface area contributed by atoms with Crippen LogP contribution in [0.1, 0.15) is 69.0 Å². The predicted molar refractivity (Wildman–Crippen MR) is 208 cm³/mol. The number of halogens is 2. The summed E-state index contributed by atoms with van der Waals surface area (Å²) in [7, 11) is 0. The van der Waals surface area contributed by atoms with Gasteiger partial charge in [0.15, 0.2) is 0 Å². The van der Waals surface area contributed by atoms with Gasteiger partial charge in [-0.05, 0) is 47.8 Å². The number of hydrogen-bond donors (Lipinski definition) is 4. The van der Waals surface area contributed by atoms with Crippen LogP contribution < -0.4 is 5.32 Å². The second-order valence-electron chi connectivity index (χ2n) is 14.4. The van der Waals surface area contributed by atoms with E-state index in [1.807, 2.05) is 92.7 Å². The van der Waals surface area contributed by atoms with E-state index in [4.69, 9.17) is 5.11 Å². The Labute approximate surface area is 324 Å². The van der Waals surface area contributed by atoms with E-state index in [0.717, 1.165) is 33.5 Å². The van der Waals surface area contributed by atoms with Crippen molar-refractivity contribution >= 4 is 17.9 Å². The summed E-state index contributed by atoms with van der Waals surface area (Å²) in [5.74, 6) is 0.355. The summed E-state index contributed by atoms with van der Waals surface area (Å²) in [6, 6.07) is 22.8. The van der Waals surface area contributed by atoms with Crippen LogP contribution in [-0.4, -0.2) is 102 Å². The van der Waals surface area contributed by atoms with Crippen LogP contribution in [0.3, 0.4) is 0 Å². The number of likely N-dealkylation sites (N-methyl/N-ethyl adjacent to an activating group) is 1. The van der Waals surface area contributed by atoms with E-state index in [2.05, 4.69) is 30.2 Å². The van der Waals surface area contributed by atoms with Crippen LogP contribution in [0, 0.1) is 0 Å². The number of carboxylic acid groups (broad SMARTS) is 1. The molecule has 2 aliphatic heterocycles. The molecule has 0 spiro atoms. The topological polar surface area (TPSA) is 151 Å². The van der Waals surface area contributed by atoms with E-state index in [-0.39, 0.29) is 31.8 Å². The largest absolute Gasteiger partial charge is 0.465 e. The Morgan fingerprint density at radius 1 is 0.750 bits per heavy atom. The van der Waals surface area contributed by atoms with Crippen molar-refractivity contribution in [3.8, 4) is 33.6 Å². The first-order chi connectivity index (χ1) is 27.0. The highest BCUT2D eigenvalue weighted by molar-refractivity contribution is 5.86. The van der Waals surface area contributed by atoms with E-state index in [9.17, 15) is 18.8 Å². The molecule has 5 aromatic rings. The monoisotopic (exact) mass is 764 g/mol. The summed E-state index contributed by atoms with van der Waals surface area (Å²) in [6.07, 6.45) is -0.106. The Balaban J connectivity index is 1.03. The highest BCUT2D eigenvalue weighted by Gasteiger charge is 2.42. The van der Waals surface area contributed by atoms with Gasteiger partial charge >= 0.3 is 6.09 Å². The summed E-state index contributed by atoms with van der Waals surface area (Å²) in [5.41, 5.74) is 6.07. The third-order valence-electron chi connectivity index (χ3n) is 10.9. The van der Waals surface area contributed by atoms with Crippen molar-refractivity contribution in [3.63, 3.8) is 0 Å². The summed E-state index contributed by atoms with van der Waals surface area (Å²) >= 11 is 0. The van der Waals surface area contributed by atoms with Crippen LogP contribution in [0.2, 0.25) is 0 Å². The van der Waals surface area contributed by atoms with E-state index in [1.54, 1.807) is 17.3 Å². The molecular formula is C42H46F2N8O4. The quantitative estimate of drug-likeness (QED) is 0.106. The summed E-state index contributed by atoms with van der Waals surface area (Å²) < 4.78 is 29.5. The lowest BCUT2D eigenvalue weighted by atomic mass is 10.0. The van der Waals surface area contributed by atoms with Gasteiger partial charge in [-0.1, -0.05) is 92.7 Å². The zero-order valence-electron chi connectivity index (χ0n) is 31.5. The van der Waals surface area contributed by atoms with Gasteiger partial charge in [0.1, 0.15) is 36.1 Å². The number of aromatic amines is 2. The van der Waals surface area contributed by atoms with Crippen molar-refractivity contribution in [2.45, 2.75) is 70.1 Å². The second-order valence-corrected chi connectivity index (χ2v) is 14.4. The number of alkyl halides is 2. The van der Waals surface area contributed by atoms with Crippen LogP contribution >= 0.6 is 0 Å². The molecule has 6 atom stereocenters. The molecule has 2 aliphatic rings. The minimum absolute atomic E-state index is 0.0201. The third-order valence-corrected chi connectivity index (χ3v) is 10.9. The Kier molecular flexibility index (Phi) is 11.3. The number of imidazole rings is 2. The van der Waals surface area contributed by atoms with Crippen LogP contribution in [0.25, 0.3) is 33.6 Å². The Bertz CT molecular complexity index is 2140. The van der Waals surface area contributed by atoms with Gasteiger partial charge in [0.25, 0.3) is 0 Å². The zero-order chi connectivity index (χ0) is 39.5. The fraction of sp³-hybridized carbons (Fsp3) is 0.357. The molecule has 0 unspecified atom stereocenters. The number of carbonyl (C=O) groups is 3. The molecule has 12 nitrogen and oxygen atoms in total. The minimum Gasteiger partial charge on any atom is -0.465 e. The maximum absolute atomic E-state index is 15.0. The Morgan fingerprint density at radius 3 is 1.64 bits per heavy atom. The SMILES string of the molecule is CCN(CC)[C@@H](C(=O)N1C[C@@H](F)C[C@H]1c1ncc(-c2ccc(-c3ccc(-c4cnc([C@@H]5C[C@H](F)CN5C(=O)[C@H](C)NC(=O)O)[nH]4)cc3)cc2)[nH]1)c1ccccc1. The lowest BCUT2D eigenvalue weighted by molar-refractivity contribution is -0.138. The first kappa shape index (κ1) is 38.4. The summed E-state index contributed by atoms with van der Waals surface area (Å²) in [6.45, 7) is 6.73. The molecule has 2 aromatic heterocycles. The Morgan fingerprint density at radius 2 is 1.20 bits per heavy atom. The lowest BCUT2D eigenvalue weighted by Gasteiger charge is -2.34. The number of H-pyrrole nitrogens is 2. The molecule has 292 valence electrons. The van der Waals surface area contributed by atoms with E-state index in [0.29, 0.717) is 30.4 Å². The van der Waals surface area contributed by atoms with E-state index >= 15 is 4.39 Å². The number of rotatable bonds is 12. The maximum Gasteiger partial charge on any atom is 0.405 e. The normalized spacial score (nSPS) is 20.7. The smallest absolute Gasteiger partial charge is 0.405 e. The number of aromatic nitrogens is 4. The molecule has 4 N–H and O–H groups in total.